The van der Waals surface area contributed by atoms with E-state index in [1.165, 1.54) is 0 Å². The molecule has 92 valence electrons. The standard InChI is InChI=1S/C10H12N3O4/c1-3-17-9(15)10(16)6-7(2)12-13(10)8(14)4-5-11/h3-4,6H2,1-2H3/q-1/p+1. The monoisotopic (exact) mass is 239 g/mol. The summed E-state index contributed by atoms with van der Waals surface area (Å²) in [5, 5.41) is 24.1. The van der Waals surface area contributed by atoms with E-state index in [2.05, 4.69) is 9.84 Å². The molecule has 0 saturated heterocycles. The van der Waals surface area contributed by atoms with E-state index < -0.39 is 29.0 Å². The summed E-state index contributed by atoms with van der Waals surface area (Å²) in [4.78, 5) is 23.1. The molecular weight excluding hydrogens is 226 g/mol. The lowest BCUT2D eigenvalue weighted by Gasteiger charge is -2.33. The third kappa shape index (κ3) is 2.49. The van der Waals surface area contributed by atoms with Gasteiger partial charge in [-0.05, 0) is 13.8 Å². The van der Waals surface area contributed by atoms with Gasteiger partial charge >= 0.3 is 11.9 Å². The summed E-state index contributed by atoms with van der Waals surface area (Å²) < 4.78 is 4.65. The van der Waals surface area contributed by atoms with Crippen molar-refractivity contribution in [3.8, 4) is 6.07 Å². The van der Waals surface area contributed by atoms with Gasteiger partial charge < -0.3 is 9.84 Å². The van der Waals surface area contributed by atoms with E-state index in [0.29, 0.717) is 5.71 Å². The van der Waals surface area contributed by atoms with Crippen molar-refractivity contribution in [2.75, 3.05) is 6.61 Å². The Morgan fingerprint density at radius 1 is 1.71 bits per heavy atom. The van der Waals surface area contributed by atoms with Crippen molar-refractivity contribution >= 4 is 17.6 Å². The quantitative estimate of drug-likeness (QED) is 0.558. The van der Waals surface area contributed by atoms with Crippen molar-refractivity contribution in [1.82, 2.24) is 0 Å². The lowest BCUT2D eigenvalue weighted by molar-refractivity contribution is -0.956. The van der Waals surface area contributed by atoms with Gasteiger partial charge in [-0.2, -0.15) is 5.26 Å². The largest absolute Gasteiger partial charge is 0.792 e. The second-order valence-electron chi connectivity index (χ2n) is 3.68. The minimum absolute atomic E-state index is 0.0571. The Labute approximate surface area is 98.3 Å². The van der Waals surface area contributed by atoms with Crippen LogP contribution >= 0.6 is 0 Å². The first-order valence-corrected chi connectivity index (χ1v) is 5.15. The van der Waals surface area contributed by atoms with Gasteiger partial charge in [-0.1, -0.05) is 5.10 Å². The molecule has 1 amide bonds. The summed E-state index contributed by atoms with van der Waals surface area (Å²) in [6.45, 7) is 3.18. The molecule has 2 unspecified atom stereocenters. The molecule has 0 fully saturated rings. The van der Waals surface area contributed by atoms with Crippen LogP contribution < -0.4 is 10.1 Å². The zero-order chi connectivity index (χ0) is 13.1. The van der Waals surface area contributed by atoms with Gasteiger partial charge in [0, 0.05) is 6.42 Å². The number of nitrogens with zero attached hydrogens (tertiary/aromatic N) is 2. The molecule has 0 aromatic heterocycles. The number of rotatable bonds is 3. The molecule has 0 aromatic rings. The van der Waals surface area contributed by atoms with Gasteiger partial charge in [0.2, 0.25) is 0 Å². The first-order chi connectivity index (χ1) is 7.95. The van der Waals surface area contributed by atoms with Crippen LogP contribution in [0.25, 0.3) is 0 Å². The number of amides is 1. The predicted octanol–water partition coefficient (Wildman–Crippen LogP) is -2.29. The van der Waals surface area contributed by atoms with E-state index in [1.807, 2.05) is 0 Å². The lowest BCUT2D eigenvalue weighted by Crippen LogP contribution is -3.21. The highest BCUT2D eigenvalue weighted by molar-refractivity contribution is 5.92. The number of nitriles is 1. The van der Waals surface area contributed by atoms with Crippen LogP contribution in [0, 0.1) is 11.3 Å². The van der Waals surface area contributed by atoms with Crippen LogP contribution in [0.5, 0.6) is 0 Å². The Morgan fingerprint density at radius 2 is 2.35 bits per heavy atom. The summed E-state index contributed by atoms with van der Waals surface area (Å²) in [5.41, 5.74) is -1.89. The zero-order valence-electron chi connectivity index (χ0n) is 9.65. The van der Waals surface area contributed by atoms with Gasteiger partial charge in [0.15, 0.2) is 12.1 Å². The molecule has 1 aliphatic heterocycles. The van der Waals surface area contributed by atoms with Crippen molar-refractivity contribution in [3.63, 3.8) is 0 Å². The second kappa shape index (κ2) is 5.03. The maximum atomic E-state index is 12.3. The highest BCUT2D eigenvalue weighted by Gasteiger charge is 2.48. The number of hydrogen-bond acceptors (Lipinski definition) is 6. The van der Waals surface area contributed by atoms with E-state index >= 15 is 0 Å². The van der Waals surface area contributed by atoms with E-state index in [9.17, 15) is 14.7 Å². The fourth-order valence-corrected chi connectivity index (χ4v) is 1.62. The van der Waals surface area contributed by atoms with Crippen molar-refractivity contribution in [3.05, 3.63) is 0 Å². The molecule has 17 heavy (non-hydrogen) atoms. The molecule has 0 radical (unpaired) electrons. The first kappa shape index (κ1) is 13.3. The number of hydrogen-bond donors (Lipinski definition) is 1. The fraction of sp³-hybridized carbons (Fsp3) is 0.600. The van der Waals surface area contributed by atoms with E-state index in [0.717, 1.165) is 0 Å². The minimum Gasteiger partial charge on any atom is -0.792 e. The molecule has 1 aliphatic rings. The number of carbonyl (C=O) groups excluding carboxylic acids is 2. The Kier molecular flexibility index (Phi) is 3.93. The summed E-state index contributed by atoms with van der Waals surface area (Å²) >= 11 is 0. The van der Waals surface area contributed by atoms with Gasteiger partial charge in [0.25, 0.3) is 0 Å². The van der Waals surface area contributed by atoms with Crippen LogP contribution in [0.3, 0.4) is 0 Å². The van der Waals surface area contributed by atoms with Crippen LogP contribution in [0.15, 0.2) is 5.10 Å². The average Bonchev–Trinajstić information content (AvgIpc) is 2.56. The normalized spacial score (nSPS) is 27.2. The van der Waals surface area contributed by atoms with Crippen LogP contribution in [-0.2, 0) is 14.3 Å². The molecule has 1 N–H and O–H groups in total. The predicted molar refractivity (Wildman–Crippen MR) is 53.3 cm³/mol. The van der Waals surface area contributed by atoms with Crippen molar-refractivity contribution in [1.29, 1.82) is 5.26 Å². The second-order valence-corrected chi connectivity index (χ2v) is 3.68. The molecule has 2 atom stereocenters. The first-order valence-electron chi connectivity index (χ1n) is 5.15. The SMILES string of the molecule is CCOC(=O)C1([O-])CC(C)=N[NH+]1C(=O)CC#N. The maximum Gasteiger partial charge on any atom is 0.355 e. The number of quaternary nitrogens is 1. The van der Waals surface area contributed by atoms with E-state index in [4.69, 9.17) is 5.26 Å². The Balaban J connectivity index is 2.96. The van der Waals surface area contributed by atoms with Gasteiger partial charge in [-0.25, -0.2) is 9.59 Å². The molecule has 0 bridgehead atoms. The van der Waals surface area contributed by atoms with Crippen molar-refractivity contribution < 1.29 is 24.4 Å². The average molecular weight is 239 g/mol. The molecule has 7 nitrogen and oxygen atoms in total. The van der Waals surface area contributed by atoms with Crippen LogP contribution in [-0.4, -0.2) is 29.9 Å². The molecule has 0 aliphatic carbocycles. The van der Waals surface area contributed by atoms with Crippen LogP contribution in [0.4, 0.5) is 0 Å². The van der Waals surface area contributed by atoms with Gasteiger partial charge in [0.1, 0.15) is 0 Å². The lowest BCUT2D eigenvalue weighted by atomic mass is 10.1. The van der Waals surface area contributed by atoms with Crippen molar-refractivity contribution in [2.45, 2.75) is 32.4 Å². The van der Waals surface area contributed by atoms with Crippen LogP contribution in [0.2, 0.25) is 0 Å². The summed E-state index contributed by atoms with van der Waals surface area (Å²) in [6.07, 6.45) is -0.645. The third-order valence-corrected chi connectivity index (χ3v) is 2.30. The van der Waals surface area contributed by atoms with Crippen LogP contribution in [0.1, 0.15) is 26.7 Å². The molecule has 0 saturated carbocycles. The Morgan fingerprint density at radius 3 is 2.88 bits per heavy atom. The van der Waals surface area contributed by atoms with E-state index in [1.54, 1.807) is 19.9 Å². The number of carbonyl (C=O) groups is 2. The topological polar surface area (TPSA) is 107 Å². The molecule has 1 rings (SSSR count). The maximum absolute atomic E-state index is 12.3. The molecule has 0 spiro atoms. The Hall–Kier alpha value is -1.78. The number of nitrogens with one attached hydrogen (secondary N) is 1. The fourth-order valence-electron chi connectivity index (χ4n) is 1.62. The Bertz CT molecular complexity index is 412. The van der Waals surface area contributed by atoms with Crippen molar-refractivity contribution in [2.24, 2.45) is 5.10 Å². The zero-order valence-corrected chi connectivity index (χ0v) is 9.65. The molecule has 7 heteroatoms. The van der Waals surface area contributed by atoms with Gasteiger partial charge in [-0.3, -0.25) is 0 Å². The summed E-state index contributed by atoms with van der Waals surface area (Å²) in [6, 6.07) is 1.64. The number of ether oxygens (including phenoxy) is 1. The summed E-state index contributed by atoms with van der Waals surface area (Å²) in [5.74, 6) is -1.73. The molecule has 0 aromatic carbocycles. The van der Waals surface area contributed by atoms with Gasteiger partial charge in [-0.15, -0.1) is 5.01 Å². The summed E-state index contributed by atoms with van der Waals surface area (Å²) in [7, 11) is 0. The smallest absolute Gasteiger partial charge is 0.355 e. The third-order valence-electron chi connectivity index (χ3n) is 2.30. The minimum atomic E-state index is -2.28. The van der Waals surface area contributed by atoms with Gasteiger partial charge in [0.05, 0.1) is 18.4 Å². The highest BCUT2D eigenvalue weighted by Crippen LogP contribution is 2.08. The van der Waals surface area contributed by atoms with E-state index in [-0.39, 0.29) is 13.0 Å². The highest BCUT2D eigenvalue weighted by atomic mass is 16.6. The molecule has 1 heterocycles. The molecular formula is C10H13N3O4. The number of esters is 1.